The van der Waals surface area contributed by atoms with Crippen molar-refractivity contribution in [2.45, 2.75) is 50.7 Å². The molecule has 2 aromatic rings. The fourth-order valence-corrected chi connectivity index (χ4v) is 4.76. The minimum absolute atomic E-state index is 0.161. The number of aromatic nitrogens is 2. The number of fused-ring (bicyclic) bond motifs is 1. The monoisotopic (exact) mass is 419 g/mol. The first-order valence-corrected chi connectivity index (χ1v) is 9.87. The summed E-state index contributed by atoms with van der Waals surface area (Å²) in [5.41, 5.74) is 0.875. The van der Waals surface area contributed by atoms with Crippen molar-refractivity contribution in [3.8, 4) is 11.5 Å². The van der Waals surface area contributed by atoms with E-state index < -0.39 is 0 Å². The Hall–Kier alpha value is -1.73. The smallest absolute Gasteiger partial charge is 0.323 e. The normalized spacial score (nSPS) is 25.8. The third-order valence-electron chi connectivity index (χ3n) is 5.55. The third kappa shape index (κ3) is 3.42. The molecule has 1 saturated carbocycles. The zero-order valence-electron chi connectivity index (χ0n) is 14.7. The number of likely N-dealkylation sites (tertiary alicyclic amines) is 1. The molecule has 1 aliphatic carbocycles. The molecule has 3 atom stereocenters. The van der Waals surface area contributed by atoms with Crippen molar-refractivity contribution in [2.75, 3.05) is 7.11 Å². The van der Waals surface area contributed by atoms with Crippen molar-refractivity contribution in [2.24, 2.45) is 5.92 Å². The van der Waals surface area contributed by atoms with E-state index in [-0.39, 0.29) is 12.0 Å². The first-order valence-electron chi connectivity index (χ1n) is 9.07. The number of methoxy groups -OCH3 is 1. The average molecular weight is 420 g/mol. The summed E-state index contributed by atoms with van der Waals surface area (Å²) in [5, 5.41) is 8.40. The summed E-state index contributed by atoms with van der Waals surface area (Å²) >= 11 is 3.46. The van der Waals surface area contributed by atoms with E-state index >= 15 is 0 Å². The van der Waals surface area contributed by atoms with Gasteiger partial charge in [0.15, 0.2) is 0 Å². The van der Waals surface area contributed by atoms with Gasteiger partial charge in [0.05, 0.1) is 13.7 Å². The van der Waals surface area contributed by atoms with Crippen molar-refractivity contribution in [1.29, 1.82) is 0 Å². The molecule has 2 fully saturated rings. The zero-order valence-corrected chi connectivity index (χ0v) is 16.3. The number of carbonyl (C=O) groups excluding carboxylic acids is 1. The number of hydrogen-bond donors (Lipinski definition) is 0. The van der Waals surface area contributed by atoms with Crippen molar-refractivity contribution < 1.29 is 13.9 Å². The maximum atomic E-state index is 12.3. The number of nitrogens with zero attached hydrogens (tertiary/aromatic N) is 3. The van der Waals surface area contributed by atoms with Crippen LogP contribution in [0.4, 0.5) is 0 Å². The Morgan fingerprint density at radius 3 is 3.00 bits per heavy atom. The number of rotatable bonds is 4. The molecule has 1 aliphatic heterocycles. The van der Waals surface area contributed by atoms with Crippen LogP contribution in [0.3, 0.4) is 0 Å². The highest BCUT2D eigenvalue weighted by molar-refractivity contribution is 9.10. The van der Waals surface area contributed by atoms with Crippen LogP contribution >= 0.6 is 15.9 Å². The largest absolute Gasteiger partial charge is 0.468 e. The highest BCUT2D eigenvalue weighted by atomic mass is 79.9. The van der Waals surface area contributed by atoms with E-state index in [4.69, 9.17) is 9.15 Å². The zero-order chi connectivity index (χ0) is 18.1. The second kappa shape index (κ2) is 7.48. The summed E-state index contributed by atoms with van der Waals surface area (Å²) in [6, 6.07) is 7.95. The molecule has 0 N–H and O–H groups in total. The lowest BCUT2D eigenvalue weighted by Crippen LogP contribution is -2.42. The summed E-state index contributed by atoms with van der Waals surface area (Å²) in [4.78, 5) is 14.5. The summed E-state index contributed by atoms with van der Waals surface area (Å²) in [6.07, 6.45) is 5.62. The Labute approximate surface area is 161 Å². The van der Waals surface area contributed by atoms with Crippen LogP contribution in [0.5, 0.6) is 0 Å². The molecule has 0 bridgehead atoms. The van der Waals surface area contributed by atoms with E-state index in [1.807, 2.05) is 24.3 Å². The highest BCUT2D eigenvalue weighted by Gasteiger charge is 2.46. The molecule has 4 rings (SSSR count). The molecule has 7 heteroatoms. The summed E-state index contributed by atoms with van der Waals surface area (Å²) < 4.78 is 11.9. The molecule has 1 saturated heterocycles. The predicted molar refractivity (Wildman–Crippen MR) is 99.1 cm³/mol. The van der Waals surface area contributed by atoms with Gasteiger partial charge in [0.2, 0.25) is 11.8 Å². The van der Waals surface area contributed by atoms with E-state index in [2.05, 4.69) is 31.0 Å². The molecule has 2 aliphatic rings. The predicted octanol–water partition coefficient (Wildman–Crippen LogP) is 3.81. The van der Waals surface area contributed by atoms with Gasteiger partial charge in [0, 0.05) is 16.1 Å². The molecule has 0 spiro atoms. The molecular formula is C19H22BrN3O3. The summed E-state index contributed by atoms with van der Waals surface area (Å²) in [7, 11) is 1.46. The van der Waals surface area contributed by atoms with Crippen LogP contribution in [0.2, 0.25) is 0 Å². The van der Waals surface area contributed by atoms with Crippen molar-refractivity contribution in [3.63, 3.8) is 0 Å². The van der Waals surface area contributed by atoms with E-state index in [1.54, 1.807) is 0 Å². The maximum absolute atomic E-state index is 12.3. The quantitative estimate of drug-likeness (QED) is 0.701. The van der Waals surface area contributed by atoms with Crippen LogP contribution in [-0.4, -0.2) is 40.3 Å². The Bertz CT molecular complexity index is 794. The van der Waals surface area contributed by atoms with Crippen LogP contribution in [0.25, 0.3) is 11.5 Å². The highest BCUT2D eigenvalue weighted by Crippen LogP contribution is 2.40. The number of carbonyl (C=O) groups is 1. The molecule has 26 heavy (non-hydrogen) atoms. The molecule has 2 heterocycles. The van der Waals surface area contributed by atoms with Crippen molar-refractivity contribution in [1.82, 2.24) is 15.1 Å². The van der Waals surface area contributed by atoms with Crippen LogP contribution in [0, 0.1) is 5.92 Å². The first kappa shape index (κ1) is 17.7. The van der Waals surface area contributed by atoms with Crippen molar-refractivity contribution >= 4 is 21.9 Å². The number of halogens is 1. The van der Waals surface area contributed by atoms with Gasteiger partial charge in [-0.2, -0.15) is 0 Å². The topological polar surface area (TPSA) is 68.5 Å². The standard InChI is InChI=1S/C19H22BrN3O3/c1-25-19(24)16-10-12-5-2-3-8-15(12)23(16)11-17-21-22-18(26-17)13-6-4-7-14(20)9-13/h4,6-7,9,12,15-16H,2-3,5,8,10-11H2,1H3. The Balaban J connectivity index is 1.55. The molecule has 0 amide bonds. The third-order valence-corrected chi connectivity index (χ3v) is 6.04. The molecule has 6 nitrogen and oxygen atoms in total. The van der Waals surface area contributed by atoms with Crippen LogP contribution in [-0.2, 0) is 16.1 Å². The molecule has 138 valence electrons. The molecule has 3 unspecified atom stereocenters. The van der Waals surface area contributed by atoms with Crippen LogP contribution in [0.15, 0.2) is 33.2 Å². The van der Waals surface area contributed by atoms with Gasteiger partial charge in [-0.1, -0.05) is 34.8 Å². The van der Waals surface area contributed by atoms with Gasteiger partial charge in [-0.05, 0) is 43.4 Å². The van der Waals surface area contributed by atoms with Gasteiger partial charge >= 0.3 is 5.97 Å². The average Bonchev–Trinajstić information content (AvgIpc) is 3.27. The van der Waals surface area contributed by atoms with E-state index in [0.717, 1.165) is 22.9 Å². The number of esters is 1. The number of ether oxygens (including phenoxy) is 1. The van der Waals surface area contributed by atoms with Gasteiger partial charge in [0.1, 0.15) is 6.04 Å². The molecule has 0 radical (unpaired) electrons. The SMILES string of the molecule is COC(=O)C1CC2CCCCC2N1Cc1nnc(-c2cccc(Br)c2)o1. The minimum atomic E-state index is -0.214. The number of benzene rings is 1. The fourth-order valence-electron chi connectivity index (χ4n) is 4.36. The van der Waals surface area contributed by atoms with E-state index in [0.29, 0.717) is 30.3 Å². The lowest BCUT2D eigenvalue weighted by molar-refractivity contribution is -0.146. The Morgan fingerprint density at radius 2 is 2.19 bits per heavy atom. The van der Waals surface area contributed by atoms with Gasteiger partial charge in [-0.15, -0.1) is 10.2 Å². The molecule has 1 aromatic heterocycles. The Kier molecular flexibility index (Phi) is 5.09. The molecule has 1 aromatic carbocycles. The number of hydrogen-bond acceptors (Lipinski definition) is 6. The van der Waals surface area contributed by atoms with Crippen LogP contribution in [0.1, 0.15) is 38.0 Å². The van der Waals surface area contributed by atoms with Crippen LogP contribution < -0.4 is 0 Å². The first-order chi connectivity index (χ1) is 12.7. The van der Waals surface area contributed by atoms with Crippen molar-refractivity contribution in [3.05, 3.63) is 34.6 Å². The van der Waals surface area contributed by atoms with Gasteiger partial charge in [0.25, 0.3) is 0 Å². The van der Waals surface area contributed by atoms with E-state index in [1.165, 1.54) is 26.4 Å². The minimum Gasteiger partial charge on any atom is -0.468 e. The van der Waals surface area contributed by atoms with Gasteiger partial charge in [-0.25, -0.2) is 0 Å². The summed E-state index contributed by atoms with van der Waals surface area (Å²) in [6.45, 7) is 0.488. The Morgan fingerprint density at radius 1 is 1.35 bits per heavy atom. The second-order valence-electron chi connectivity index (χ2n) is 7.07. The lowest BCUT2D eigenvalue weighted by atomic mass is 9.85. The van der Waals surface area contributed by atoms with Gasteiger partial charge < -0.3 is 9.15 Å². The lowest BCUT2D eigenvalue weighted by Gasteiger charge is -2.32. The molecular weight excluding hydrogens is 398 g/mol. The second-order valence-corrected chi connectivity index (χ2v) is 7.99. The fraction of sp³-hybridized carbons (Fsp3) is 0.526. The van der Waals surface area contributed by atoms with Gasteiger partial charge in [-0.3, -0.25) is 9.69 Å². The summed E-state index contributed by atoms with van der Waals surface area (Å²) in [5.74, 6) is 1.43. The maximum Gasteiger partial charge on any atom is 0.323 e. The van der Waals surface area contributed by atoms with E-state index in [9.17, 15) is 4.79 Å².